The van der Waals surface area contributed by atoms with E-state index in [4.69, 9.17) is 5.73 Å². The van der Waals surface area contributed by atoms with E-state index in [1.165, 1.54) is 0 Å². The third-order valence-corrected chi connectivity index (χ3v) is 2.96. The Morgan fingerprint density at radius 2 is 1.71 bits per heavy atom. The van der Waals surface area contributed by atoms with Crippen molar-refractivity contribution >= 4 is 10.0 Å². The monoisotopic (exact) mass is 339 g/mol. The number of hydrogen-bond donors (Lipinski definition) is 2. The van der Waals surface area contributed by atoms with Gasteiger partial charge in [0.15, 0.2) is 5.69 Å². The van der Waals surface area contributed by atoms with E-state index in [1.54, 1.807) is 0 Å². The molecule has 13 heteroatoms. The highest BCUT2D eigenvalue weighted by molar-refractivity contribution is 7.89. The summed E-state index contributed by atoms with van der Waals surface area (Å²) in [4.78, 5) is 1.06. The summed E-state index contributed by atoms with van der Waals surface area (Å²) in [6, 6.07) is 0.242. The molecule has 0 radical (unpaired) electrons. The molecule has 0 amide bonds. The van der Waals surface area contributed by atoms with Crippen LogP contribution in [0.5, 0.6) is 5.88 Å². The Hall–Kier alpha value is -1.60. The maximum Gasteiger partial charge on any atom is 0.574 e. The predicted octanol–water partition coefficient (Wildman–Crippen LogP) is 1.11. The first-order valence-corrected chi connectivity index (χ1v) is 6.40. The lowest BCUT2D eigenvalue weighted by Gasteiger charge is -2.16. The molecule has 0 aliphatic heterocycles. The van der Waals surface area contributed by atoms with Gasteiger partial charge in [-0.2, -0.15) is 13.2 Å². The topological polar surface area (TPSA) is 108 Å². The number of ether oxygens (including phenoxy) is 1. The highest BCUT2D eigenvalue weighted by Crippen LogP contribution is 2.36. The molecule has 1 heterocycles. The fourth-order valence-electron chi connectivity index (χ4n) is 1.28. The number of halogens is 6. The van der Waals surface area contributed by atoms with Crippen LogP contribution >= 0.6 is 0 Å². The number of alkyl halides is 6. The van der Waals surface area contributed by atoms with E-state index in [0.717, 1.165) is 0 Å². The second kappa shape index (κ2) is 5.31. The number of nitrogens with zero attached hydrogens (tertiary/aromatic N) is 1. The van der Waals surface area contributed by atoms with Crippen LogP contribution in [-0.4, -0.2) is 19.8 Å². The number of sulfonamides is 1. The molecule has 0 saturated carbocycles. The molecule has 6 nitrogen and oxygen atoms in total. The van der Waals surface area contributed by atoms with Gasteiger partial charge >= 0.3 is 12.5 Å². The number of pyridine rings is 1. The van der Waals surface area contributed by atoms with Crippen molar-refractivity contribution in [1.82, 2.24) is 4.98 Å². The largest absolute Gasteiger partial charge is 0.574 e. The molecule has 21 heavy (non-hydrogen) atoms. The molecule has 0 bridgehead atoms. The number of nitrogens with two attached hydrogens (primary N) is 2. The Labute approximate surface area is 113 Å². The van der Waals surface area contributed by atoms with Gasteiger partial charge in [-0.1, -0.05) is 0 Å². The third-order valence-electron chi connectivity index (χ3n) is 2.03. The van der Waals surface area contributed by atoms with Crippen molar-refractivity contribution in [3.05, 3.63) is 17.3 Å². The summed E-state index contributed by atoms with van der Waals surface area (Å²) in [5.74, 6) is -1.50. The molecule has 0 spiro atoms. The molecule has 1 aromatic heterocycles. The number of hydrogen-bond acceptors (Lipinski definition) is 5. The maximum atomic E-state index is 12.7. The van der Waals surface area contributed by atoms with Crippen LogP contribution in [0.2, 0.25) is 0 Å². The molecular formula is C8H7F6N3O3S. The van der Waals surface area contributed by atoms with Crippen molar-refractivity contribution in [2.45, 2.75) is 24.0 Å². The highest BCUT2D eigenvalue weighted by Gasteiger charge is 2.41. The van der Waals surface area contributed by atoms with Crippen LogP contribution in [0.25, 0.3) is 0 Å². The highest BCUT2D eigenvalue weighted by atomic mass is 32.2. The summed E-state index contributed by atoms with van der Waals surface area (Å²) in [5, 5.41) is 4.58. The van der Waals surface area contributed by atoms with Gasteiger partial charge < -0.3 is 10.5 Å². The fraction of sp³-hybridized carbons (Fsp3) is 0.375. The fourth-order valence-corrected chi connectivity index (χ4v) is 2.02. The number of rotatable bonds is 3. The molecule has 1 aromatic rings. The van der Waals surface area contributed by atoms with Crippen LogP contribution in [0.1, 0.15) is 11.3 Å². The summed E-state index contributed by atoms with van der Waals surface area (Å²) in [6.45, 7) is -0.751. The van der Waals surface area contributed by atoms with Gasteiger partial charge in [-0.3, -0.25) is 0 Å². The lowest BCUT2D eigenvalue weighted by atomic mass is 10.2. The van der Waals surface area contributed by atoms with E-state index in [-0.39, 0.29) is 6.07 Å². The molecule has 0 unspecified atom stereocenters. The predicted molar refractivity (Wildman–Crippen MR) is 55.2 cm³/mol. The first kappa shape index (κ1) is 17.5. The van der Waals surface area contributed by atoms with Crippen molar-refractivity contribution < 1.29 is 39.5 Å². The molecule has 0 atom stereocenters. The Bertz CT molecular complexity index is 640. The molecule has 0 aromatic carbocycles. The van der Waals surface area contributed by atoms with E-state index in [9.17, 15) is 34.8 Å². The van der Waals surface area contributed by atoms with E-state index >= 15 is 0 Å². The van der Waals surface area contributed by atoms with Crippen molar-refractivity contribution in [2.75, 3.05) is 0 Å². The number of aromatic nitrogens is 1. The van der Waals surface area contributed by atoms with Crippen molar-refractivity contribution in [2.24, 2.45) is 10.9 Å². The Kier molecular flexibility index (Phi) is 4.41. The first-order chi connectivity index (χ1) is 9.25. The van der Waals surface area contributed by atoms with Crippen LogP contribution in [0.4, 0.5) is 26.3 Å². The minimum atomic E-state index is -5.36. The summed E-state index contributed by atoms with van der Waals surface area (Å²) in [5.41, 5.74) is 2.21. The molecule has 0 aliphatic carbocycles. The van der Waals surface area contributed by atoms with Gasteiger partial charge in [0, 0.05) is 12.1 Å². The summed E-state index contributed by atoms with van der Waals surface area (Å²) in [7, 11) is -4.88. The van der Waals surface area contributed by atoms with Gasteiger partial charge in [0.25, 0.3) is 0 Å². The molecule has 4 N–H and O–H groups in total. The van der Waals surface area contributed by atoms with Crippen molar-refractivity contribution in [3.8, 4) is 5.88 Å². The Balaban J connectivity index is 3.65. The second-order valence-corrected chi connectivity index (χ2v) is 5.12. The van der Waals surface area contributed by atoms with Crippen molar-refractivity contribution in [3.63, 3.8) is 0 Å². The van der Waals surface area contributed by atoms with Crippen LogP contribution in [0.3, 0.4) is 0 Å². The summed E-state index contributed by atoms with van der Waals surface area (Å²) < 4.78 is 99.8. The van der Waals surface area contributed by atoms with E-state index in [2.05, 4.69) is 14.9 Å². The molecule has 0 fully saturated rings. The first-order valence-electron chi connectivity index (χ1n) is 4.85. The Morgan fingerprint density at radius 1 is 1.19 bits per heavy atom. The lowest BCUT2D eigenvalue weighted by Crippen LogP contribution is -2.25. The Morgan fingerprint density at radius 3 is 2.05 bits per heavy atom. The van der Waals surface area contributed by atoms with Gasteiger partial charge in [0.1, 0.15) is 4.90 Å². The SMILES string of the molecule is NCc1cc(S(N)(=O)=O)c(C(F)(F)F)nc1OC(F)(F)F. The van der Waals surface area contributed by atoms with E-state index < -0.39 is 51.1 Å². The summed E-state index contributed by atoms with van der Waals surface area (Å²) >= 11 is 0. The average molecular weight is 339 g/mol. The van der Waals surface area contributed by atoms with Crippen LogP contribution in [0, 0.1) is 0 Å². The average Bonchev–Trinajstić information content (AvgIpc) is 2.23. The minimum Gasteiger partial charge on any atom is -0.388 e. The lowest BCUT2D eigenvalue weighted by molar-refractivity contribution is -0.276. The number of primary sulfonamides is 1. The van der Waals surface area contributed by atoms with Gasteiger partial charge in [-0.15, -0.1) is 13.2 Å². The van der Waals surface area contributed by atoms with E-state index in [1.807, 2.05) is 0 Å². The zero-order valence-electron chi connectivity index (χ0n) is 9.79. The van der Waals surface area contributed by atoms with Gasteiger partial charge in [0.2, 0.25) is 15.9 Å². The zero-order valence-corrected chi connectivity index (χ0v) is 10.6. The second-order valence-electron chi connectivity index (χ2n) is 3.59. The molecular weight excluding hydrogens is 332 g/mol. The maximum absolute atomic E-state index is 12.7. The van der Waals surface area contributed by atoms with Gasteiger partial charge in [-0.05, 0) is 6.07 Å². The van der Waals surface area contributed by atoms with Gasteiger partial charge in [-0.25, -0.2) is 18.5 Å². The molecule has 0 saturated heterocycles. The molecule has 0 aliphatic rings. The van der Waals surface area contributed by atoms with Crippen molar-refractivity contribution in [1.29, 1.82) is 0 Å². The smallest absolute Gasteiger partial charge is 0.388 e. The van der Waals surface area contributed by atoms with Gasteiger partial charge in [0.05, 0.1) is 0 Å². The normalized spacial score (nSPS) is 13.3. The van der Waals surface area contributed by atoms with Crippen LogP contribution < -0.4 is 15.6 Å². The van der Waals surface area contributed by atoms with E-state index in [0.29, 0.717) is 0 Å². The molecule has 120 valence electrons. The van der Waals surface area contributed by atoms with Crippen LogP contribution in [0.15, 0.2) is 11.0 Å². The summed E-state index contributed by atoms with van der Waals surface area (Å²) in [6.07, 6.45) is -10.7. The molecule has 1 rings (SSSR count). The van der Waals surface area contributed by atoms with Crippen LogP contribution in [-0.2, 0) is 22.7 Å². The third kappa shape index (κ3) is 4.44. The minimum absolute atomic E-state index is 0.242. The quantitative estimate of drug-likeness (QED) is 0.802. The zero-order chi connectivity index (χ0) is 16.6. The standard InChI is InChI=1S/C8H7F6N3O3S/c9-7(10,11)5-4(21(16,18)19)1-3(2-15)6(17-5)20-8(12,13)14/h1H,2,15H2,(H2,16,18,19).